The third kappa shape index (κ3) is 2.77. The summed E-state index contributed by atoms with van der Waals surface area (Å²) in [6.07, 6.45) is 1.36. The summed E-state index contributed by atoms with van der Waals surface area (Å²) in [5.74, 6) is -2.14. The van der Waals surface area contributed by atoms with Crippen LogP contribution < -0.4 is 5.32 Å². The highest BCUT2D eigenvalue weighted by Gasteiger charge is 2.35. The molecular formula is C11H11ClN2O4. The van der Waals surface area contributed by atoms with Crippen LogP contribution in [-0.4, -0.2) is 41.2 Å². The van der Waals surface area contributed by atoms with Gasteiger partial charge in [0.2, 0.25) is 0 Å². The standard InChI is InChI=1S/C11H11ClN2O4/c12-6-1-2-8(13-3-6)10(15)14-9-5-18-4-7(9)11(16)17/h1-3,7,9H,4-5H2,(H,14,15)(H,16,17). The highest BCUT2D eigenvalue weighted by atomic mass is 35.5. The van der Waals surface area contributed by atoms with E-state index in [1.54, 1.807) is 6.07 Å². The second-order valence-corrected chi connectivity index (χ2v) is 4.36. The van der Waals surface area contributed by atoms with Gasteiger partial charge in [-0.15, -0.1) is 0 Å². The number of pyridine rings is 1. The third-order valence-electron chi connectivity index (χ3n) is 2.67. The lowest BCUT2D eigenvalue weighted by Gasteiger charge is -2.15. The largest absolute Gasteiger partial charge is 0.481 e. The number of carbonyl (C=O) groups excluding carboxylic acids is 1. The van der Waals surface area contributed by atoms with Crippen molar-refractivity contribution in [1.82, 2.24) is 10.3 Å². The Bertz CT molecular complexity index is 463. The zero-order chi connectivity index (χ0) is 13.1. The van der Waals surface area contributed by atoms with Crippen LogP contribution in [-0.2, 0) is 9.53 Å². The molecule has 1 aliphatic heterocycles. The maximum Gasteiger partial charge on any atom is 0.311 e. The van der Waals surface area contributed by atoms with E-state index in [0.29, 0.717) is 5.02 Å². The van der Waals surface area contributed by atoms with Gasteiger partial charge in [-0.3, -0.25) is 9.59 Å². The zero-order valence-corrected chi connectivity index (χ0v) is 10.1. The molecule has 1 amide bonds. The van der Waals surface area contributed by atoms with E-state index in [1.807, 2.05) is 0 Å². The van der Waals surface area contributed by atoms with Gasteiger partial charge in [0.05, 0.1) is 24.3 Å². The molecule has 1 aliphatic rings. The van der Waals surface area contributed by atoms with Crippen LogP contribution in [0.25, 0.3) is 0 Å². The summed E-state index contributed by atoms with van der Waals surface area (Å²) in [4.78, 5) is 26.6. The molecule has 1 fully saturated rings. The Balaban J connectivity index is 2.03. The van der Waals surface area contributed by atoms with Crippen LogP contribution in [0.3, 0.4) is 0 Å². The lowest BCUT2D eigenvalue weighted by atomic mass is 10.0. The van der Waals surface area contributed by atoms with Crippen molar-refractivity contribution >= 4 is 23.5 Å². The topological polar surface area (TPSA) is 88.5 Å². The van der Waals surface area contributed by atoms with Crippen molar-refractivity contribution in [3.8, 4) is 0 Å². The number of carbonyl (C=O) groups is 2. The molecule has 0 spiro atoms. The lowest BCUT2D eigenvalue weighted by Crippen LogP contribution is -2.42. The first-order valence-corrected chi connectivity index (χ1v) is 5.68. The van der Waals surface area contributed by atoms with E-state index in [9.17, 15) is 9.59 Å². The zero-order valence-electron chi connectivity index (χ0n) is 9.30. The molecule has 6 nitrogen and oxygen atoms in total. The van der Waals surface area contributed by atoms with E-state index >= 15 is 0 Å². The van der Waals surface area contributed by atoms with Crippen LogP contribution in [0.2, 0.25) is 5.02 Å². The summed E-state index contributed by atoms with van der Waals surface area (Å²) in [5, 5.41) is 12.0. The van der Waals surface area contributed by atoms with Crippen molar-refractivity contribution in [2.24, 2.45) is 5.92 Å². The van der Waals surface area contributed by atoms with Crippen LogP contribution in [0.5, 0.6) is 0 Å². The summed E-state index contributed by atoms with van der Waals surface area (Å²) in [7, 11) is 0. The van der Waals surface area contributed by atoms with E-state index in [0.717, 1.165) is 0 Å². The van der Waals surface area contributed by atoms with Crippen molar-refractivity contribution in [3.63, 3.8) is 0 Å². The fraction of sp³-hybridized carbons (Fsp3) is 0.364. The molecule has 2 N–H and O–H groups in total. The lowest BCUT2D eigenvalue weighted by molar-refractivity contribution is -0.142. The van der Waals surface area contributed by atoms with Crippen molar-refractivity contribution in [1.29, 1.82) is 0 Å². The number of nitrogens with one attached hydrogen (secondary N) is 1. The predicted octanol–water partition coefficient (Wildman–Crippen LogP) is 0.564. The molecule has 2 rings (SSSR count). The SMILES string of the molecule is O=C(NC1COCC1C(=O)O)c1ccc(Cl)cn1. The van der Waals surface area contributed by atoms with Crippen LogP contribution in [0.4, 0.5) is 0 Å². The molecule has 0 aliphatic carbocycles. The van der Waals surface area contributed by atoms with Gasteiger partial charge in [-0.2, -0.15) is 0 Å². The summed E-state index contributed by atoms with van der Waals surface area (Å²) in [5.41, 5.74) is 0.190. The first kappa shape index (κ1) is 12.8. The maximum absolute atomic E-state index is 11.8. The highest BCUT2D eigenvalue weighted by molar-refractivity contribution is 6.30. The van der Waals surface area contributed by atoms with Crippen LogP contribution in [0.1, 0.15) is 10.5 Å². The van der Waals surface area contributed by atoms with Gasteiger partial charge in [0.1, 0.15) is 11.6 Å². The van der Waals surface area contributed by atoms with E-state index in [4.69, 9.17) is 21.4 Å². The van der Waals surface area contributed by atoms with Gasteiger partial charge in [0.15, 0.2) is 0 Å². The smallest absolute Gasteiger partial charge is 0.311 e. The number of hydrogen-bond donors (Lipinski definition) is 2. The summed E-state index contributed by atoms with van der Waals surface area (Å²) in [6, 6.07) is 2.49. The third-order valence-corrected chi connectivity index (χ3v) is 2.90. The van der Waals surface area contributed by atoms with Crippen molar-refractivity contribution in [3.05, 3.63) is 29.0 Å². The molecule has 2 atom stereocenters. The normalized spacial score (nSPS) is 22.7. The molecule has 1 aromatic heterocycles. The minimum Gasteiger partial charge on any atom is -0.481 e. The Hall–Kier alpha value is -1.66. The van der Waals surface area contributed by atoms with Crippen molar-refractivity contribution < 1.29 is 19.4 Å². The van der Waals surface area contributed by atoms with Gasteiger partial charge in [-0.25, -0.2) is 4.98 Å². The molecular weight excluding hydrogens is 260 g/mol. The van der Waals surface area contributed by atoms with Crippen molar-refractivity contribution in [2.75, 3.05) is 13.2 Å². The number of halogens is 1. The molecule has 0 aromatic carbocycles. The quantitative estimate of drug-likeness (QED) is 0.838. The van der Waals surface area contributed by atoms with Gasteiger partial charge in [0.25, 0.3) is 5.91 Å². The summed E-state index contributed by atoms with van der Waals surface area (Å²) >= 11 is 5.66. The Morgan fingerprint density at radius 3 is 2.83 bits per heavy atom. The number of amides is 1. The minimum atomic E-state index is -0.984. The number of carboxylic acids is 1. The molecule has 0 radical (unpaired) electrons. The van der Waals surface area contributed by atoms with E-state index in [-0.39, 0.29) is 18.9 Å². The Morgan fingerprint density at radius 1 is 1.44 bits per heavy atom. The second-order valence-electron chi connectivity index (χ2n) is 3.92. The molecule has 2 heterocycles. The van der Waals surface area contributed by atoms with Gasteiger partial charge in [-0.05, 0) is 12.1 Å². The van der Waals surface area contributed by atoms with Gasteiger partial charge in [0, 0.05) is 6.20 Å². The van der Waals surface area contributed by atoms with E-state index in [1.165, 1.54) is 12.3 Å². The Morgan fingerprint density at radius 2 is 2.22 bits per heavy atom. The molecule has 96 valence electrons. The first-order chi connectivity index (χ1) is 8.58. The molecule has 1 aromatic rings. The predicted molar refractivity (Wildman–Crippen MR) is 62.4 cm³/mol. The fourth-order valence-electron chi connectivity index (χ4n) is 1.69. The number of aliphatic carboxylic acids is 1. The van der Waals surface area contributed by atoms with Gasteiger partial charge >= 0.3 is 5.97 Å². The molecule has 18 heavy (non-hydrogen) atoms. The molecule has 1 saturated heterocycles. The van der Waals surface area contributed by atoms with E-state index < -0.39 is 23.8 Å². The fourth-order valence-corrected chi connectivity index (χ4v) is 1.80. The number of aromatic nitrogens is 1. The summed E-state index contributed by atoms with van der Waals surface area (Å²) < 4.78 is 5.05. The van der Waals surface area contributed by atoms with Gasteiger partial charge in [-0.1, -0.05) is 11.6 Å². The summed E-state index contributed by atoms with van der Waals surface area (Å²) in [6.45, 7) is 0.296. The van der Waals surface area contributed by atoms with Crippen LogP contribution in [0.15, 0.2) is 18.3 Å². The van der Waals surface area contributed by atoms with Crippen LogP contribution >= 0.6 is 11.6 Å². The molecule has 2 unspecified atom stereocenters. The first-order valence-electron chi connectivity index (χ1n) is 5.31. The van der Waals surface area contributed by atoms with Crippen molar-refractivity contribution in [2.45, 2.75) is 6.04 Å². The number of ether oxygens (including phenoxy) is 1. The maximum atomic E-state index is 11.8. The second kappa shape index (κ2) is 5.32. The molecule has 7 heteroatoms. The Kier molecular flexibility index (Phi) is 3.78. The number of carboxylic acid groups (broad SMARTS) is 1. The number of hydrogen-bond acceptors (Lipinski definition) is 4. The number of nitrogens with zero attached hydrogens (tertiary/aromatic N) is 1. The number of rotatable bonds is 3. The molecule has 0 saturated carbocycles. The van der Waals surface area contributed by atoms with Gasteiger partial charge < -0.3 is 15.2 Å². The Labute approximate surface area is 108 Å². The average molecular weight is 271 g/mol. The minimum absolute atomic E-state index is 0.105. The van der Waals surface area contributed by atoms with E-state index in [2.05, 4.69) is 10.3 Å². The monoisotopic (exact) mass is 270 g/mol. The average Bonchev–Trinajstić information content (AvgIpc) is 2.78. The molecule has 0 bridgehead atoms. The van der Waals surface area contributed by atoms with Crippen LogP contribution in [0, 0.1) is 5.92 Å². The highest BCUT2D eigenvalue weighted by Crippen LogP contribution is 2.14.